The molecule has 0 radical (unpaired) electrons. The van der Waals surface area contributed by atoms with Crippen molar-refractivity contribution in [3.8, 4) is 0 Å². The van der Waals surface area contributed by atoms with Gasteiger partial charge in [-0.15, -0.1) is 11.3 Å². The van der Waals surface area contributed by atoms with Crippen LogP contribution in [-0.2, 0) is 13.0 Å². The number of imidazole rings is 1. The second-order valence-electron chi connectivity index (χ2n) is 8.05. The van der Waals surface area contributed by atoms with Crippen molar-refractivity contribution in [2.45, 2.75) is 39.4 Å². The maximum atomic E-state index is 13.3. The second-order valence-corrected chi connectivity index (χ2v) is 9.01. The minimum Gasteiger partial charge on any atom is -0.332 e. The van der Waals surface area contributed by atoms with Gasteiger partial charge >= 0.3 is 6.18 Å². The van der Waals surface area contributed by atoms with Gasteiger partial charge in [0.2, 0.25) is 0 Å². The van der Waals surface area contributed by atoms with Gasteiger partial charge in [-0.1, -0.05) is 19.1 Å². The first-order valence-corrected chi connectivity index (χ1v) is 12.2. The Hall–Kier alpha value is -3.73. The third-order valence-electron chi connectivity index (χ3n) is 5.61. The Morgan fingerprint density at radius 2 is 2.11 bits per heavy atom. The molecule has 0 atom stereocenters. The zero-order valence-corrected chi connectivity index (χ0v) is 20.5. The summed E-state index contributed by atoms with van der Waals surface area (Å²) in [4.78, 5) is 36.6. The van der Waals surface area contributed by atoms with E-state index in [0.29, 0.717) is 42.8 Å². The lowest BCUT2D eigenvalue weighted by Crippen LogP contribution is -2.36. The highest BCUT2D eigenvalue weighted by Crippen LogP contribution is 2.30. The summed E-state index contributed by atoms with van der Waals surface area (Å²) in [5.41, 5.74) is 1.21. The van der Waals surface area contributed by atoms with Gasteiger partial charge in [0.25, 0.3) is 11.8 Å². The normalized spacial score (nSPS) is 15.0. The van der Waals surface area contributed by atoms with E-state index in [2.05, 4.69) is 15.3 Å². The van der Waals surface area contributed by atoms with Crippen LogP contribution in [0.25, 0.3) is 5.65 Å². The van der Waals surface area contributed by atoms with Crippen molar-refractivity contribution < 1.29 is 22.8 Å². The van der Waals surface area contributed by atoms with Crippen LogP contribution in [0.2, 0.25) is 0 Å². The molecule has 2 amide bonds. The maximum absolute atomic E-state index is 13.3. The molecule has 36 heavy (non-hydrogen) atoms. The van der Waals surface area contributed by atoms with Gasteiger partial charge < -0.3 is 10.2 Å². The maximum Gasteiger partial charge on any atom is 0.433 e. The molecule has 188 valence electrons. The van der Waals surface area contributed by atoms with Gasteiger partial charge in [-0.2, -0.15) is 13.2 Å². The average Bonchev–Trinajstić information content (AvgIpc) is 3.47. The summed E-state index contributed by atoms with van der Waals surface area (Å²) < 4.78 is 41.6. The van der Waals surface area contributed by atoms with Gasteiger partial charge in [0.1, 0.15) is 22.9 Å². The van der Waals surface area contributed by atoms with Crippen LogP contribution in [-0.4, -0.2) is 44.5 Å². The number of halogens is 3. The van der Waals surface area contributed by atoms with E-state index < -0.39 is 17.8 Å². The molecule has 0 fully saturated rings. The smallest absolute Gasteiger partial charge is 0.332 e. The fourth-order valence-corrected chi connectivity index (χ4v) is 5.02. The number of nitrogens with one attached hydrogen (secondary N) is 1. The van der Waals surface area contributed by atoms with E-state index in [1.807, 2.05) is 18.2 Å². The fourth-order valence-electron chi connectivity index (χ4n) is 3.93. The molecule has 1 aliphatic rings. The van der Waals surface area contributed by atoms with Crippen LogP contribution in [0.5, 0.6) is 0 Å². The summed E-state index contributed by atoms with van der Waals surface area (Å²) in [6, 6.07) is 5.49. The fraction of sp³-hybridized carbons (Fsp3) is 0.280. The first-order chi connectivity index (χ1) is 17.2. The van der Waals surface area contributed by atoms with Crippen molar-refractivity contribution in [3.63, 3.8) is 0 Å². The van der Waals surface area contributed by atoms with Crippen LogP contribution in [0.1, 0.15) is 51.6 Å². The zero-order chi connectivity index (χ0) is 25.9. The Kier molecular flexibility index (Phi) is 7.39. The lowest BCUT2D eigenvalue weighted by Gasteiger charge is -2.27. The van der Waals surface area contributed by atoms with Crippen LogP contribution < -0.4 is 5.32 Å². The Bertz CT molecular complexity index is 1380. The Balaban J connectivity index is 1.52. The summed E-state index contributed by atoms with van der Waals surface area (Å²) in [6.07, 6.45) is 3.05. The third kappa shape index (κ3) is 5.25. The molecule has 7 nitrogen and oxygen atoms in total. The molecule has 4 heterocycles. The lowest BCUT2D eigenvalue weighted by molar-refractivity contribution is -0.0577. The Morgan fingerprint density at radius 1 is 1.31 bits per heavy atom. The molecule has 1 N–H and O–H groups in total. The topological polar surface area (TPSA) is 79.1 Å². The Morgan fingerprint density at radius 3 is 2.83 bits per heavy atom. The molecule has 0 bridgehead atoms. The number of amides is 2. The van der Waals surface area contributed by atoms with Crippen molar-refractivity contribution >= 4 is 34.5 Å². The van der Waals surface area contributed by atoms with E-state index in [9.17, 15) is 22.8 Å². The van der Waals surface area contributed by atoms with E-state index in [1.54, 1.807) is 34.0 Å². The van der Waals surface area contributed by atoms with Crippen molar-refractivity contribution in [1.29, 1.82) is 0 Å². The first-order valence-electron chi connectivity index (χ1n) is 11.3. The number of pyridine rings is 1. The van der Waals surface area contributed by atoms with Crippen molar-refractivity contribution in [2.75, 3.05) is 6.54 Å². The minimum absolute atomic E-state index is 0.159. The summed E-state index contributed by atoms with van der Waals surface area (Å²) in [6.45, 7) is 3.94. The predicted octanol–water partition coefficient (Wildman–Crippen LogP) is 5.15. The van der Waals surface area contributed by atoms with Gasteiger partial charge in [-0.3, -0.25) is 14.0 Å². The number of alkyl halides is 3. The largest absolute Gasteiger partial charge is 0.433 e. The van der Waals surface area contributed by atoms with Crippen LogP contribution in [0.3, 0.4) is 0 Å². The number of hydrogen-bond acceptors (Lipinski definition) is 5. The highest BCUT2D eigenvalue weighted by Gasteiger charge is 2.34. The molecule has 0 aliphatic carbocycles. The molecule has 3 aromatic heterocycles. The van der Waals surface area contributed by atoms with Crippen LogP contribution in [0.15, 0.2) is 65.0 Å². The van der Waals surface area contributed by atoms with Gasteiger partial charge in [-0.25, -0.2) is 9.98 Å². The number of thiophene rings is 1. The number of rotatable bonds is 6. The summed E-state index contributed by atoms with van der Waals surface area (Å²) >= 11 is 1.35. The standard InChI is InChI=1S/C25H24F3N5O2S/c1-3-7-20(25(26,27)28)30-21(8-4-2)31-23(34)17-15-36-19-14-32(12-10-16(17)19)24(35)18-13-29-22-9-5-6-11-33(18)22/h3,5-9,11,13,15H,4,10,12,14H2,1-2H3,(H,31,34)/b7-3-,21-8-,30-20+. The predicted molar refractivity (Wildman–Crippen MR) is 132 cm³/mol. The van der Waals surface area contributed by atoms with Crippen LogP contribution in [0, 0.1) is 0 Å². The van der Waals surface area contributed by atoms with Gasteiger partial charge in [0.15, 0.2) is 0 Å². The SMILES string of the molecule is C\C=C/C(=N\C(=C\CC)NC(=O)c1csc2c1CCN(C(=O)c1cnc3ccccn13)C2)C(F)(F)F. The van der Waals surface area contributed by atoms with E-state index in [0.717, 1.165) is 16.5 Å². The van der Waals surface area contributed by atoms with Crippen LogP contribution in [0.4, 0.5) is 13.2 Å². The molecule has 3 aromatic rings. The molecule has 0 spiro atoms. The highest BCUT2D eigenvalue weighted by atomic mass is 32.1. The number of nitrogens with zero attached hydrogens (tertiary/aromatic N) is 4. The van der Waals surface area contributed by atoms with Crippen LogP contribution >= 0.6 is 11.3 Å². The molecule has 0 saturated heterocycles. The number of allylic oxidation sites excluding steroid dienone is 3. The van der Waals surface area contributed by atoms with Gasteiger partial charge in [0, 0.05) is 23.0 Å². The summed E-state index contributed by atoms with van der Waals surface area (Å²) in [5.74, 6) is -0.850. The minimum atomic E-state index is -4.65. The number of aromatic nitrogens is 2. The van der Waals surface area contributed by atoms with Gasteiger partial charge in [0.05, 0.1) is 18.3 Å². The number of carbonyl (C=O) groups excluding carboxylic acids is 2. The van der Waals surface area contributed by atoms with E-state index in [1.165, 1.54) is 30.4 Å². The zero-order valence-electron chi connectivity index (χ0n) is 19.7. The van der Waals surface area contributed by atoms with Crippen molar-refractivity contribution in [2.24, 2.45) is 4.99 Å². The molecule has 4 rings (SSSR count). The van der Waals surface area contributed by atoms with E-state index in [-0.39, 0.29) is 11.7 Å². The molecule has 0 saturated carbocycles. The van der Waals surface area contributed by atoms with E-state index >= 15 is 0 Å². The number of aliphatic imine (C=N–C) groups is 1. The third-order valence-corrected chi connectivity index (χ3v) is 6.62. The quantitative estimate of drug-likeness (QED) is 0.461. The molecular formula is C25H24F3N5O2S. The highest BCUT2D eigenvalue weighted by molar-refractivity contribution is 7.10. The van der Waals surface area contributed by atoms with Crippen molar-refractivity contribution in [3.05, 3.63) is 81.7 Å². The summed E-state index contributed by atoms with van der Waals surface area (Å²) in [5, 5.41) is 4.20. The number of hydrogen-bond donors (Lipinski definition) is 1. The number of carbonyl (C=O) groups is 2. The van der Waals surface area contributed by atoms with E-state index in [4.69, 9.17) is 0 Å². The number of fused-ring (bicyclic) bond motifs is 2. The average molecular weight is 516 g/mol. The summed E-state index contributed by atoms with van der Waals surface area (Å²) in [7, 11) is 0. The molecule has 11 heteroatoms. The molecule has 0 aromatic carbocycles. The molecule has 1 aliphatic heterocycles. The molecule has 0 unspecified atom stereocenters. The van der Waals surface area contributed by atoms with Crippen molar-refractivity contribution in [1.82, 2.24) is 19.6 Å². The second kappa shape index (κ2) is 10.5. The van der Waals surface area contributed by atoms with Gasteiger partial charge in [-0.05, 0) is 49.6 Å². The lowest BCUT2D eigenvalue weighted by atomic mass is 10.0. The molecular weight excluding hydrogens is 491 g/mol. The Labute approximate surface area is 209 Å². The first kappa shape index (κ1) is 25.4. The monoisotopic (exact) mass is 515 g/mol.